The lowest BCUT2D eigenvalue weighted by molar-refractivity contribution is 0.601. The third kappa shape index (κ3) is 2.78. The van der Waals surface area contributed by atoms with Gasteiger partial charge in [-0.05, 0) is 24.0 Å². The van der Waals surface area contributed by atoms with Gasteiger partial charge in [-0.25, -0.2) is 12.8 Å². The Labute approximate surface area is 132 Å². The Morgan fingerprint density at radius 1 is 1.48 bits per heavy atom. The van der Waals surface area contributed by atoms with Crippen molar-refractivity contribution in [3.63, 3.8) is 0 Å². The molecule has 0 spiro atoms. The second kappa shape index (κ2) is 5.44. The van der Waals surface area contributed by atoms with Crippen LogP contribution in [0.2, 0.25) is 5.02 Å². The number of hydrogen-bond donors (Lipinski definition) is 0. The maximum Gasteiger partial charge on any atom is 0.164 e. The van der Waals surface area contributed by atoms with Crippen molar-refractivity contribution in [3.8, 4) is 0 Å². The number of hydrogen-bond acceptors (Lipinski definition) is 5. The first-order valence-electron chi connectivity index (χ1n) is 6.56. The van der Waals surface area contributed by atoms with Gasteiger partial charge in [0.05, 0.1) is 28.6 Å². The molecule has 1 fully saturated rings. The van der Waals surface area contributed by atoms with Gasteiger partial charge in [0.1, 0.15) is 5.82 Å². The molecular weight excluding hydrogens is 335 g/mol. The van der Waals surface area contributed by atoms with Gasteiger partial charge < -0.3 is 4.90 Å². The van der Waals surface area contributed by atoms with Gasteiger partial charge in [0.2, 0.25) is 0 Å². The fourth-order valence-electron chi connectivity index (χ4n) is 2.70. The smallest absolute Gasteiger partial charge is 0.164 e. The minimum Gasteiger partial charge on any atom is -0.315 e. The predicted molar refractivity (Wildman–Crippen MR) is 85.7 cm³/mol. The zero-order chi connectivity index (χ0) is 15.2. The highest BCUT2D eigenvalue weighted by Gasteiger charge is 2.47. The third-order valence-corrected chi connectivity index (χ3v) is 6.40. The first-order chi connectivity index (χ1) is 9.91. The molecular formula is C13H14ClFN2O2S2. The van der Waals surface area contributed by atoms with Crippen LogP contribution in [0.15, 0.2) is 23.2 Å². The molecule has 114 valence electrons. The zero-order valence-corrected chi connectivity index (χ0v) is 13.7. The van der Waals surface area contributed by atoms with E-state index >= 15 is 0 Å². The Balaban J connectivity index is 2.01. The second-order valence-electron chi connectivity index (χ2n) is 5.02. The minimum absolute atomic E-state index is 0.0256. The number of thioether (sulfide) groups is 1. The number of fused-ring (bicyclic) bond motifs is 1. The molecule has 4 nitrogen and oxygen atoms in total. The van der Waals surface area contributed by atoms with E-state index < -0.39 is 15.7 Å². The van der Waals surface area contributed by atoms with Crippen LogP contribution in [-0.2, 0) is 9.84 Å². The maximum atomic E-state index is 13.3. The maximum absolute atomic E-state index is 13.3. The van der Waals surface area contributed by atoms with Crippen LogP contribution in [0.1, 0.15) is 6.92 Å². The van der Waals surface area contributed by atoms with Gasteiger partial charge in [-0.2, -0.15) is 0 Å². The zero-order valence-electron chi connectivity index (χ0n) is 11.3. The van der Waals surface area contributed by atoms with Crippen LogP contribution in [0.4, 0.5) is 10.1 Å². The van der Waals surface area contributed by atoms with Crippen molar-refractivity contribution in [2.45, 2.75) is 19.0 Å². The average Bonchev–Trinajstić information content (AvgIpc) is 2.85. The molecule has 1 aromatic carbocycles. The SMILES string of the molecule is CCSC1=N[C@H]2CS(=O)(=O)C[C@@H]2N1c1ccc(F)c(Cl)c1. The Morgan fingerprint density at radius 2 is 2.24 bits per heavy atom. The van der Waals surface area contributed by atoms with Crippen LogP contribution in [0.25, 0.3) is 0 Å². The van der Waals surface area contributed by atoms with Gasteiger partial charge >= 0.3 is 0 Å². The molecule has 0 amide bonds. The van der Waals surface area contributed by atoms with E-state index in [2.05, 4.69) is 4.99 Å². The normalized spacial score (nSPS) is 26.8. The lowest BCUT2D eigenvalue weighted by Gasteiger charge is -2.26. The summed E-state index contributed by atoms with van der Waals surface area (Å²) in [7, 11) is -3.07. The minimum atomic E-state index is -3.07. The summed E-state index contributed by atoms with van der Waals surface area (Å²) in [5.74, 6) is 0.494. The van der Waals surface area contributed by atoms with Gasteiger partial charge in [-0.15, -0.1) is 0 Å². The molecule has 0 N–H and O–H groups in total. The van der Waals surface area contributed by atoms with E-state index in [0.29, 0.717) is 5.69 Å². The molecule has 0 saturated carbocycles. The molecule has 0 bridgehead atoms. The van der Waals surface area contributed by atoms with Crippen LogP contribution in [0, 0.1) is 5.82 Å². The molecule has 2 aliphatic heterocycles. The summed E-state index contributed by atoms with van der Waals surface area (Å²) in [6.45, 7) is 2.01. The summed E-state index contributed by atoms with van der Waals surface area (Å²) in [4.78, 5) is 6.42. The van der Waals surface area contributed by atoms with Crippen molar-refractivity contribution < 1.29 is 12.8 Å². The van der Waals surface area contributed by atoms with Gasteiger partial charge in [0.15, 0.2) is 15.0 Å². The second-order valence-corrected chi connectivity index (χ2v) is 8.82. The van der Waals surface area contributed by atoms with Crippen molar-refractivity contribution in [1.82, 2.24) is 0 Å². The molecule has 0 unspecified atom stereocenters. The quantitative estimate of drug-likeness (QED) is 0.824. The predicted octanol–water partition coefficient (Wildman–Crippen LogP) is 2.57. The molecule has 0 radical (unpaired) electrons. The fourth-order valence-corrected chi connectivity index (χ4v) is 5.57. The highest BCUT2D eigenvalue weighted by molar-refractivity contribution is 8.14. The molecule has 2 aliphatic rings. The van der Waals surface area contributed by atoms with Gasteiger partial charge in [0, 0.05) is 5.69 Å². The Kier molecular flexibility index (Phi) is 3.92. The van der Waals surface area contributed by atoms with Crippen molar-refractivity contribution in [3.05, 3.63) is 29.0 Å². The van der Waals surface area contributed by atoms with Crippen molar-refractivity contribution in [2.75, 3.05) is 22.2 Å². The van der Waals surface area contributed by atoms with Crippen molar-refractivity contribution in [1.29, 1.82) is 0 Å². The van der Waals surface area contributed by atoms with Crippen LogP contribution < -0.4 is 4.90 Å². The van der Waals surface area contributed by atoms with Crippen LogP contribution in [-0.4, -0.2) is 42.9 Å². The van der Waals surface area contributed by atoms with E-state index in [1.807, 2.05) is 11.8 Å². The summed E-state index contributed by atoms with van der Waals surface area (Å²) < 4.78 is 37.0. The number of rotatable bonds is 2. The Hall–Kier alpha value is -0.790. The first-order valence-corrected chi connectivity index (χ1v) is 9.75. The highest BCUT2D eigenvalue weighted by atomic mass is 35.5. The van der Waals surface area contributed by atoms with Gasteiger partial charge in [0.25, 0.3) is 0 Å². The standard InChI is InChI=1S/C13H14ClFN2O2S2/c1-2-20-13-16-11-6-21(18,19)7-12(11)17(13)8-3-4-10(15)9(14)5-8/h3-5,11-12H,2,6-7H2,1H3/t11-,12-/m0/s1. The molecule has 0 aromatic heterocycles. The molecule has 1 saturated heterocycles. The molecule has 0 aliphatic carbocycles. The monoisotopic (exact) mass is 348 g/mol. The number of aliphatic imine (C=N–C) groups is 1. The van der Waals surface area contributed by atoms with E-state index in [0.717, 1.165) is 10.9 Å². The van der Waals surface area contributed by atoms with Crippen molar-refractivity contribution in [2.24, 2.45) is 4.99 Å². The number of benzene rings is 1. The van der Waals surface area contributed by atoms with E-state index in [-0.39, 0.29) is 28.6 Å². The Morgan fingerprint density at radius 3 is 2.90 bits per heavy atom. The highest BCUT2D eigenvalue weighted by Crippen LogP contribution is 2.36. The molecule has 8 heteroatoms. The number of halogens is 2. The third-order valence-electron chi connectivity index (χ3n) is 3.56. The first kappa shape index (κ1) is 15.1. The number of anilines is 1. The summed E-state index contributed by atoms with van der Waals surface area (Å²) in [6, 6.07) is 3.97. The molecule has 2 atom stereocenters. The molecule has 3 rings (SSSR count). The summed E-state index contributed by atoms with van der Waals surface area (Å²) in [6.07, 6.45) is 0. The van der Waals surface area contributed by atoms with Crippen LogP contribution >= 0.6 is 23.4 Å². The van der Waals surface area contributed by atoms with Crippen LogP contribution in [0.5, 0.6) is 0 Å². The van der Waals surface area contributed by atoms with Crippen LogP contribution in [0.3, 0.4) is 0 Å². The topological polar surface area (TPSA) is 49.7 Å². The fraction of sp³-hybridized carbons (Fsp3) is 0.462. The molecule has 2 heterocycles. The summed E-state index contributed by atoms with van der Waals surface area (Å²) >= 11 is 7.40. The molecule has 1 aromatic rings. The van der Waals surface area contributed by atoms with Gasteiger partial charge in [-0.3, -0.25) is 4.99 Å². The number of amidine groups is 1. The lowest BCUT2D eigenvalue weighted by atomic mass is 10.1. The van der Waals surface area contributed by atoms with Gasteiger partial charge in [-0.1, -0.05) is 30.3 Å². The summed E-state index contributed by atoms with van der Waals surface area (Å²) in [5.41, 5.74) is 0.686. The average molecular weight is 349 g/mol. The van der Waals surface area contributed by atoms with E-state index in [4.69, 9.17) is 11.6 Å². The number of sulfone groups is 1. The lowest BCUT2D eigenvalue weighted by Crippen LogP contribution is -2.39. The largest absolute Gasteiger partial charge is 0.315 e. The van der Waals surface area contributed by atoms with E-state index in [9.17, 15) is 12.8 Å². The van der Waals surface area contributed by atoms with E-state index in [1.165, 1.54) is 12.1 Å². The van der Waals surface area contributed by atoms with Crippen molar-refractivity contribution >= 4 is 44.1 Å². The number of nitrogens with zero attached hydrogens (tertiary/aromatic N) is 2. The Bertz CT molecular complexity index is 708. The van der Waals surface area contributed by atoms with E-state index in [1.54, 1.807) is 17.8 Å². The summed E-state index contributed by atoms with van der Waals surface area (Å²) in [5, 5.41) is 0.808. The molecule has 21 heavy (non-hydrogen) atoms.